The number of ketones is 1. The molecule has 0 atom stereocenters. The Bertz CT molecular complexity index is 669. The first-order valence-electron chi connectivity index (χ1n) is 7.19. The Labute approximate surface area is 124 Å². The Morgan fingerprint density at radius 1 is 1.24 bits per heavy atom. The van der Waals surface area contributed by atoms with Crippen molar-refractivity contribution in [2.45, 2.75) is 33.2 Å². The number of methoxy groups -OCH3 is 1. The van der Waals surface area contributed by atoms with Gasteiger partial charge in [0.25, 0.3) is 0 Å². The minimum absolute atomic E-state index is 0.0172. The van der Waals surface area contributed by atoms with E-state index in [1.54, 1.807) is 13.4 Å². The second-order valence-corrected chi connectivity index (χ2v) is 6.46. The Kier molecular flexibility index (Phi) is 3.32. The summed E-state index contributed by atoms with van der Waals surface area (Å²) in [6, 6.07) is 7.90. The van der Waals surface area contributed by atoms with Crippen LogP contribution in [-0.4, -0.2) is 22.4 Å². The van der Waals surface area contributed by atoms with Gasteiger partial charge in [0.15, 0.2) is 5.78 Å². The summed E-state index contributed by atoms with van der Waals surface area (Å²) in [5, 5.41) is 0. The Balaban J connectivity index is 1.87. The monoisotopic (exact) mass is 284 g/mol. The minimum Gasteiger partial charge on any atom is -0.497 e. The lowest BCUT2D eigenvalue weighted by atomic mass is 9.77. The first-order valence-corrected chi connectivity index (χ1v) is 7.19. The number of hydrogen-bond acceptors (Lipinski definition) is 3. The van der Waals surface area contributed by atoms with Gasteiger partial charge >= 0.3 is 0 Å². The van der Waals surface area contributed by atoms with Gasteiger partial charge in [-0.1, -0.05) is 26.0 Å². The number of nitrogens with zero attached hydrogens (tertiary/aromatic N) is 2. The molecule has 2 aromatic rings. The number of aromatic nitrogens is 2. The van der Waals surface area contributed by atoms with E-state index < -0.39 is 0 Å². The van der Waals surface area contributed by atoms with Crippen molar-refractivity contribution in [3.63, 3.8) is 0 Å². The Morgan fingerprint density at radius 3 is 2.62 bits per heavy atom. The van der Waals surface area contributed by atoms with Crippen LogP contribution in [0.25, 0.3) is 0 Å². The third-order valence-electron chi connectivity index (χ3n) is 3.97. The molecule has 0 bridgehead atoms. The van der Waals surface area contributed by atoms with Crippen molar-refractivity contribution in [2.24, 2.45) is 5.41 Å². The van der Waals surface area contributed by atoms with Crippen LogP contribution >= 0.6 is 0 Å². The maximum atomic E-state index is 12.4. The van der Waals surface area contributed by atoms with Gasteiger partial charge in [-0.25, -0.2) is 4.98 Å². The van der Waals surface area contributed by atoms with Crippen molar-refractivity contribution in [2.75, 3.05) is 7.11 Å². The topological polar surface area (TPSA) is 44.1 Å². The maximum absolute atomic E-state index is 12.4. The van der Waals surface area contributed by atoms with Crippen LogP contribution in [0.3, 0.4) is 0 Å². The predicted molar refractivity (Wildman–Crippen MR) is 80.8 cm³/mol. The van der Waals surface area contributed by atoms with Crippen LogP contribution in [-0.2, 0) is 13.0 Å². The fraction of sp³-hybridized carbons (Fsp3) is 0.412. The highest BCUT2D eigenvalue weighted by molar-refractivity contribution is 5.97. The maximum Gasteiger partial charge on any atom is 0.181 e. The number of benzene rings is 1. The molecule has 0 amide bonds. The van der Waals surface area contributed by atoms with Crippen LogP contribution in [0, 0.1) is 5.41 Å². The van der Waals surface area contributed by atoms with Crippen molar-refractivity contribution in [1.29, 1.82) is 0 Å². The van der Waals surface area contributed by atoms with E-state index in [0.717, 1.165) is 29.1 Å². The first-order chi connectivity index (χ1) is 9.98. The van der Waals surface area contributed by atoms with Crippen molar-refractivity contribution in [3.05, 3.63) is 47.5 Å². The molecular formula is C17H20N2O2. The van der Waals surface area contributed by atoms with Gasteiger partial charge in [-0.2, -0.15) is 0 Å². The molecule has 1 aromatic heterocycles. The molecule has 1 heterocycles. The third-order valence-corrected chi connectivity index (χ3v) is 3.97. The van der Waals surface area contributed by atoms with Gasteiger partial charge in [0, 0.05) is 13.0 Å². The summed E-state index contributed by atoms with van der Waals surface area (Å²) in [5.41, 5.74) is 2.87. The smallest absolute Gasteiger partial charge is 0.181 e. The number of carbonyl (C=O) groups excluding carboxylic acids is 1. The lowest BCUT2D eigenvalue weighted by Crippen LogP contribution is -2.28. The molecule has 0 saturated heterocycles. The standard InChI is InChI=1S/C17H20N2O2/c1-17(2)8-14-16(15(20)9-17)19(11-18-14)10-12-4-6-13(21-3)7-5-12/h4-7,11H,8-10H2,1-3H3. The minimum atomic E-state index is 0.0172. The molecular weight excluding hydrogens is 264 g/mol. The van der Waals surface area contributed by atoms with Crippen molar-refractivity contribution in [1.82, 2.24) is 9.55 Å². The normalized spacial score (nSPS) is 16.6. The Morgan fingerprint density at radius 2 is 1.95 bits per heavy atom. The van der Waals surface area contributed by atoms with E-state index in [2.05, 4.69) is 18.8 Å². The van der Waals surface area contributed by atoms with Crippen LogP contribution < -0.4 is 4.74 Å². The highest BCUT2D eigenvalue weighted by atomic mass is 16.5. The van der Waals surface area contributed by atoms with Crippen LogP contribution in [0.5, 0.6) is 5.75 Å². The van der Waals surface area contributed by atoms with Crippen LogP contribution in [0.1, 0.15) is 42.0 Å². The zero-order valence-electron chi connectivity index (χ0n) is 12.7. The lowest BCUT2D eigenvalue weighted by molar-refractivity contribution is 0.0901. The van der Waals surface area contributed by atoms with E-state index >= 15 is 0 Å². The number of ether oxygens (including phenoxy) is 1. The summed E-state index contributed by atoms with van der Waals surface area (Å²) in [6.45, 7) is 4.91. The molecule has 1 aliphatic rings. The molecule has 4 nitrogen and oxygen atoms in total. The predicted octanol–water partition coefficient (Wildman–Crippen LogP) is 3.10. The van der Waals surface area contributed by atoms with Gasteiger partial charge in [-0.05, 0) is 29.5 Å². The van der Waals surface area contributed by atoms with Gasteiger partial charge in [0.1, 0.15) is 11.4 Å². The highest BCUT2D eigenvalue weighted by Crippen LogP contribution is 2.34. The first kappa shape index (κ1) is 13.9. The van der Waals surface area contributed by atoms with Gasteiger partial charge in [-0.3, -0.25) is 4.79 Å². The van der Waals surface area contributed by atoms with E-state index in [0.29, 0.717) is 13.0 Å². The lowest BCUT2D eigenvalue weighted by Gasteiger charge is -2.28. The summed E-state index contributed by atoms with van der Waals surface area (Å²) >= 11 is 0. The average molecular weight is 284 g/mol. The third kappa shape index (κ3) is 2.71. The quantitative estimate of drug-likeness (QED) is 0.870. The van der Waals surface area contributed by atoms with Crippen molar-refractivity contribution >= 4 is 5.78 Å². The molecule has 1 aliphatic carbocycles. The van der Waals surface area contributed by atoms with Gasteiger partial charge in [0.05, 0.1) is 19.1 Å². The molecule has 0 spiro atoms. The van der Waals surface area contributed by atoms with Crippen LogP contribution in [0.4, 0.5) is 0 Å². The van der Waals surface area contributed by atoms with Crippen molar-refractivity contribution < 1.29 is 9.53 Å². The molecule has 0 aliphatic heterocycles. The van der Waals surface area contributed by atoms with E-state index in [1.165, 1.54) is 0 Å². The number of fused-ring (bicyclic) bond motifs is 1. The summed E-state index contributed by atoms with van der Waals surface area (Å²) in [5.74, 6) is 1.04. The molecule has 0 fully saturated rings. The molecule has 4 heteroatoms. The van der Waals surface area contributed by atoms with E-state index in [-0.39, 0.29) is 11.2 Å². The van der Waals surface area contributed by atoms with Gasteiger partial charge in [-0.15, -0.1) is 0 Å². The Hall–Kier alpha value is -2.10. The number of imidazole rings is 1. The second kappa shape index (κ2) is 5.02. The second-order valence-electron chi connectivity index (χ2n) is 6.46. The molecule has 1 aromatic carbocycles. The summed E-state index contributed by atoms with van der Waals surface area (Å²) < 4.78 is 7.13. The zero-order chi connectivity index (χ0) is 15.0. The van der Waals surface area contributed by atoms with Gasteiger partial charge < -0.3 is 9.30 Å². The number of rotatable bonds is 3. The average Bonchev–Trinajstić information content (AvgIpc) is 2.81. The number of carbonyl (C=O) groups is 1. The van der Waals surface area contributed by atoms with E-state index in [9.17, 15) is 4.79 Å². The van der Waals surface area contributed by atoms with Crippen LogP contribution in [0.15, 0.2) is 30.6 Å². The number of hydrogen-bond donors (Lipinski definition) is 0. The highest BCUT2D eigenvalue weighted by Gasteiger charge is 2.34. The largest absolute Gasteiger partial charge is 0.497 e. The molecule has 110 valence electrons. The summed E-state index contributed by atoms with van der Waals surface area (Å²) in [6.07, 6.45) is 3.24. The van der Waals surface area contributed by atoms with E-state index in [1.807, 2.05) is 28.8 Å². The molecule has 0 radical (unpaired) electrons. The van der Waals surface area contributed by atoms with E-state index in [4.69, 9.17) is 4.74 Å². The molecule has 0 unspecified atom stereocenters. The van der Waals surface area contributed by atoms with Crippen molar-refractivity contribution in [3.8, 4) is 5.75 Å². The fourth-order valence-corrected chi connectivity index (χ4v) is 2.96. The summed E-state index contributed by atoms with van der Waals surface area (Å²) in [4.78, 5) is 16.8. The molecule has 0 N–H and O–H groups in total. The number of Topliss-reactive ketones (excluding diaryl/α,β-unsaturated/α-hetero) is 1. The molecule has 3 rings (SSSR count). The fourth-order valence-electron chi connectivity index (χ4n) is 2.96. The zero-order valence-corrected chi connectivity index (χ0v) is 12.7. The van der Waals surface area contributed by atoms with Crippen LogP contribution in [0.2, 0.25) is 0 Å². The van der Waals surface area contributed by atoms with Gasteiger partial charge in [0.2, 0.25) is 0 Å². The summed E-state index contributed by atoms with van der Waals surface area (Å²) in [7, 11) is 1.65. The SMILES string of the molecule is COc1ccc(Cn2cnc3c2C(=O)CC(C)(C)C3)cc1. The molecule has 0 saturated carbocycles. The molecule has 21 heavy (non-hydrogen) atoms.